The van der Waals surface area contributed by atoms with Gasteiger partial charge in [-0.15, -0.1) is 0 Å². The van der Waals surface area contributed by atoms with Gasteiger partial charge in [0.1, 0.15) is 5.69 Å². The van der Waals surface area contributed by atoms with Crippen molar-refractivity contribution in [3.63, 3.8) is 0 Å². The van der Waals surface area contributed by atoms with Crippen LogP contribution < -0.4 is 25.1 Å². The van der Waals surface area contributed by atoms with Gasteiger partial charge in [-0.2, -0.15) is 0 Å². The van der Waals surface area contributed by atoms with Gasteiger partial charge in [-0.3, -0.25) is 9.59 Å². The number of para-hydroxylation sites is 2. The second kappa shape index (κ2) is 9.04. The average Bonchev–Trinajstić information content (AvgIpc) is 2.83. The summed E-state index contributed by atoms with van der Waals surface area (Å²) in [4.78, 5) is 33.4. The number of aromatic nitrogens is 2. The molecule has 8 heteroatoms. The van der Waals surface area contributed by atoms with Gasteiger partial charge >= 0.3 is 0 Å². The molecule has 1 aromatic heterocycles. The van der Waals surface area contributed by atoms with E-state index in [4.69, 9.17) is 14.2 Å². The normalized spacial score (nSPS) is 10.7. The summed E-state index contributed by atoms with van der Waals surface area (Å²) in [5.74, 6) is 0.702. The van der Waals surface area contributed by atoms with Gasteiger partial charge in [-0.1, -0.05) is 23.8 Å². The highest BCUT2D eigenvalue weighted by atomic mass is 16.5. The first-order valence-electron chi connectivity index (χ1n) is 10.2. The van der Waals surface area contributed by atoms with Crippen LogP contribution in [-0.2, 0) is 0 Å². The number of methoxy groups -OCH3 is 3. The second-order valence-corrected chi connectivity index (χ2v) is 7.35. The van der Waals surface area contributed by atoms with Gasteiger partial charge in [0.2, 0.25) is 5.75 Å². The number of aromatic amines is 1. The summed E-state index contributed by atoms with van der Waals surface area (Å²) in [6.07, 6.45) is 0. The molecule has 0 radical (unpaired) electrons. The molecule has 0 atom stereocenters. The predicted octanol–water partition coefficient (Wildman–Crippen LogP) is 4.18. The fraction of sp³-hybridized carbons (Fsp3) is 0.160. The van der Waals surface area contributed by atoms with Crippen LogP contribution in [0.15, 0.2) is 59.4 Å². The minimum atomic E-state index is -0.406. The Bertz CT molecular complexity index is 1390. The molecule has 0 saturated carbocycles. The van der Waals surface area contributed by atoms with E-state index in [0.29, 0.717) is 45.1 Å². The summed E-state index contributed by atoms with van der Waals surface area (Å²) in [5, 5.41) is 2.88. The maximum Gasteiger partial charge on any atom is 0.275 e. The number of carbonyl (C=O) groups is 1. The Balaban J connectivity index is 1.78. The number of hydrogen-bond acceptors (Lipinski definition) is 6. The molecule has 0 aliphatic carbocycles. The van der Waals surface area contributed by atoms with Crippen molar-refractivity contribution in [2.24, 2.45) is 0 Å². The van der Waals surface area contributed by atoms with Gasteiger partial charge < -0.3 is 24.5 Å². The maximum atomic E-state index is 13.1. The van der Waals surface area contributed by atoms with Crippen LogP contribution in [0.1, 0.15) is 15.9 Å². The lowest BCUT2D eigenvalue weighted by molar-refractivity contribution is 0.102. The van der Waals surface area contributed by atoms with E-state index in [1.807, 2.05) is 37.3 Å². The number of fused-ring (bicyclic) bond motifs is 1. The predicted molar refractivity (Wildman–Crippen MR) is 127 cm³/mol. The van der Waals surface area contributed by atoms with Crippen LogP contribution in [0.25, 0.3) is 22.3 Å². The van der Waals surface area contributed by atoms with E-state index in [1.54, 1.807) is 24.3 Å². The zero-order chi connectivity index (χ0) is 23.5. The van der Waals surface area contributed by atoms with Crippen LogP contribution >= 0.6 is 0 Å². The number of nitrogens with one attached hydrogen (secondary N) is 2. The van der Waals surface area contributed by atoms with Crippen molar-refractivity contribution < 1.29 is 19.0 Å². The number of nitrogens with zero attached hydrogens (tertiary/aromatic N) is 1. The first-order valence-corrected chi connectivity index (χ1v) is 10.2. The molecule has 0 bridgehead atoms. The Kier molecular flexibility index (Phi) is 5.99. The molecule has 0 spiro atoms. The highest BCUT2D eigenvalue weighted by Crippen LogP contribution is 2.38. The van der Waals surface area contributed by atoms with E-state index >= 15 is 0 Å². The number of ether oxygens (including phenoxy) is 3. The van der Waals surface area contributed by atoms with Crippen molar-refractivity contribution >= 4 is 22.6 Å². The Morgan fingerprint density at radius 1 is 0.939 bits per heavy atom. The maximum absolute atomic E-state index is 13.1. The second-order valence-electron chi connectivity index (χ2n) is 7.35. The van der Waals surface area contributed by atoms with E-state index in [-0.39, 0.29) is 11.3 Å². The van der Waals surface area contributed by atoms with Crippen molar-refractivity contribution in [3.05, 3.63) is 76.1 Å². The first kappa shape index (κ1) is 21.9. The number of carbonyl (C=O) groups excluding carboxylic acids is 1. The highest BCUT2D eigenvalue weighted by Gasteiger charge is 2.19. The zero-order valence-corrected chi connectivity index (χ0v) is 18.7. The Hall–Kier alpha value is -4.33. The van der Waals surface area contributed by atoms with E-state index in [2.05, 4.69) is 15.3 Å². The van der Waals surface area contributed by atoms with Gasteiger partial charge in [0.05, 0.1) is 38.1 Å². The Morgan fingerprint density at radius 3 is 2.30 bits per heavy atom. The van der Waals surface area contributed by atoms with Crippen molar-refractivity contribution in [1.82, 2.24) is 9.97 Å². The standard InChI is InChI=1S/C25H23N3O5/c1-14-9-10-17(16(11-14)22-25(30)28-19-8-6-5-7-18(19)26-22)27-24(29)15-12-20(31-2)23(33-4)21(13-15)32-3/h5-13H,1-4H3,(H,27,29)(H,28,30). The van der Waals surface area contributed by atoms with Crippen LogP contribution in [0.3, 0.4) is 0 Å². The molecule has 4 aromatic rings. The number of aryl methyl sites for hydroxylation is 1. The molecule has 0 fully saturated rings. The molecule has 168 valence electrons. The number of anilines is 1. The molecule has 33 heavy (non-hydrogen) atoms. The molecule has 1 amide bonds. The molecule has 0 aliphatic rings. The lowest BCUT2D eigenvalue weighted by atomic mass is 10.1. The summed E-state index contributed by atoms with van der Waals surface area (Å²) in [6, 6.07) is 15.8. The van der Waals surface area contributed by atoms with Gasteiger partial charge in [-0.05, 0) is 43.3 Å². The van der Waals surface area contributed by atoms with Crippen LogP contribution in [-0.4, -0.2) is 37.2 Å². The lowest BCUT2D eigenvalue weighted by Gasteiger charge is -2.15. The molecule has 0 saturated heterocycles. The van der Waals surface area contributed by atoms with Crippen molar-refractivity contribution in [3.8, 4) is 28.5 Å². The molecular weight excluding hydrogens is 422 g/mol. The highest BCUT2D eigenvalue weighted by molar-refractivity contribution is 6.07. The molecule has 0 unspecified atom stereocenters. The summed E-state index contributed by atoms with van der Waals surface area (Å²) < 4.78 is 16.0. The summed E-state index contributed by atoms with van der Waals surface area (Å²) in [7, 11) is 4.45. The molecule has 1 heterocycles. The van der Waals surface area contributed by atoms with E-state index in [0.717, 1.165) is 5.56 Å². The minimum Gasteiger partial charge on any atom is -0.493 e. The lowest BCUT2D eigenvalue weighted by Crippen LogP contribution is -2.16. The summed E-state index contributed by atoms with van der Waals surface area (Å²) in [6.45, 7) is 1.91. The SMILES string of the molecule is COc1cc(C(=O)Nc2ccc(C)cc2-c2nc3ccccc3[nH]c2=O)cc(OC)c1OC. The largest absolute Gasteiger partial charge is 0.493 e. The van der Waals surface area contributed by atoms with Crippen molar-refractivity contribution in [1.29, 1.82) is 0 Å². The Labute approximate surface area is 190 Å². The molecular formula is C25H23N3O5. The number of H-pyrrole nitrogens is 1. The van der Waals surface area contributed by atoms with Crippen LogP contribution in [0.5, 0.6) is 17.2 Å². The smallest absolute Gasteiger partial charge is 0.275 e. The van der Waals surface area contributed by atoms with Crippen molar-refractivity contribution in [2.45, 2.75) is 6.92 Å². The molecule has 2 N–H and O–H groups in total. The average molecular weight is 445 g/mol. The number of benzene rings is 3. The summed E-state index contributed by atoms with van der Waals surface area (Å²) in [5.41, 5.74) is 3.36. The van der Waals surface area contributed by atoms with Gasteiger partial charge in [0.25, 0.3) is 11.5 Å². The van der Waals surface area contributed by atoms with Crippen LogP contribution in [0, 0.1) is 6.92 Å². The third kappa shape index (κ3) is 4.23. The van der Waals surface area contributed by atoms with Gasteiger partial charge in [0.15, 0.2) is 11.5 Å². The molecule has 8 nitrogen and oxygen atoms in total. The van der Waals surface area contributed by atoms with Crippen LogP contribution in [0.4, 0.5) is 5.69 Å². The first-order chi connectivity index (χ1) is 15.9. The number of amides is 1. The minimum absolute atomic E-state index is 0.220. The zero-order valence-electron chi connectivity index (χ0n) is 18.7. The van der Waals surface area contributed by atoms with E-state index in [1.165, 1.54) is 21.3 Å². The van der Waals surface area contributed by atoms with E-state index in [9.17, 15) is 9.59 Å². The molecule has 0 aliphatic heterocycles. The van der Waals surface area contributed by atoms with E-state index < -0.39 is 5.91 Å². The van der Waals surface area contributed by atoms with Crippen LogP contribution in [0.2, 0.25) is 0 Å². The molecule has 3 aromatic carbocycles. The number of hydrogen-bond donors (Lipinski definition) is 2. The quantitative estimate of drug-likeness (QED) is 0.462. The third-order valence-electron chi connectivity index (χ3n) is 5.20. The molecule has 4 rings (SSSR count). The van der Waals surface area contributed by atoms with Crippen molar-refractivity contribution in [2.75, 3.05) is 26.6 Å². The third-order valence-corrected chi connectivity index (χ3v) is 5.20. The Morgan fingerprint density at radius 2 is 1.64 bits per heavy atom. The summed E-state index contributed by atoms with van der Waals surface area (Å²) >= 11 is 0. The van der Waals surface area contributed by atoms with Gasteiger partial charge in [-0.25, -0.2) is 4.98 Å². The fourth-order valence-corrected chi connectivity index (χ4v) is 3.58. The fourth-order valence-electron chi connectivity index (χ4n) is 3.58. The number of rotatable bonds is 6. The van der Waals surface area contributed by atoms with Gasteiger partial charge in [0, 0.05) is 11.1 Å². The topological polar surface area (TPSA) is 103 Å². The monoisotopic (exact) mass is 445 g/mol.